The maximum Gasteiger partial charge on any atom is 0.251 e. The number of amidine groups is 1. The van der Waals surface area contributed by atoms with E-state index >= 15 is 0 Å². The van der Waals surface area contributed by atoms with E-state index in [0.717, 1.165) is 43.3 Å². The second-order valence-electron chi connectivity index (χ2n) is 8.95. The van der Waals surface area contributed by atoms with E-state index < -0.39 is 9.84 Å². The fourth-order valence-corrected chi connectivity index (χ4v) is 8.30. The van der Waals surface area contributed by atoms with Crippen LogP contribution in [-0.2, 0) is 16.4 Å². The molecule has 0 bridgehead atoms. The van der Waals surface area contributed by atoms with Crippen LogP contribution in [-0.4, -0.2) is 66.3 Å². The molecule has 2 fully saturated rings. The number of anilines is 1. The average Bonchev–Trinajstić information content (AvgIpc) is 3.28. The van der Waals surface area contributed by atoms with Crippen LogP contribution >= 0.6 is 11.8 Å². The third kappa shape index (κ3) is 5.59. The van der Waals surface area contributed by atoms with Crippen LogP contribution in [0.5, 0.6) is 0 Å². The molecule has 9 heteroatoms. The molecule has 1 amide bonds. The Bertz CT molecular complexity index is 1150. The summed E-state index contributed by atoms with van der Waals surface area (Å²) in [6, 6.07) is 17.9. The standard InChI is InChI=1S/C24H28N4O3S2/c29-23(25-19-9-11-28(12-10-19)14-17-5-2-1-3-6-17)18-7-4-8-20(13-18)26-24-27-21-15-33(30,31)16-22(21)32-24/h1-8,13,19,21-22H,9-12,14-16H2,(H,25,29)(H,26,27). The van der Waals surface area contributed by atoms with Crippen LogP contribution in [0.4, 0.5) is 5.69 Å². The summed E-state index contributed by atoms with van der Waals surface area (Å²) in [4.78, 5) is 19.8. The molecule has 2 unspecified atom stereocenters. The summed E-state index contributed by atoms with van der Waals surface area (Å²) in [5.41, 5.74) is 2.71. The molecule has 0 radical (unpaired) electrons. The zero-order valence-corrected chi connectivity index (χ0v) is 19.9. The third-order valence-corrected chi connectivity index (χ3v) is 9.51. The van der Waals surface area contributed by atoms with Crippen molar-refractivity contribution in [2.24, 2.45) is 4.99 Å². The van der Waals surface area contributed by atoms with E-state index in [1.807, 2.05) is 30.3 Å². The number of hydrogen-bond donors (Lipinski definition) is 2. The number of carbonyl (C=O) groups excluding carboxylic acids is 1. The van der Waals surface area contributed by atoms with Crippen molar-refractivity contribution in [1.82, 2.24) is 10.2 Å². The molecule has 3 aliphatic rings. The number of thioether (sulfide) groups is 1. The van der Waals surface area contributed by atoms with Crippen molar-refractivity contribution >= 4 is 38.4 Å². The number of rotatable bonds is 5. The Morgan fingerprint density at radius 3 is 2.61 bits per heavy atom. The lowest BCUT2D eigenvalue weighted by molar-refractivity contribution is 0.0909. The monoisotopic (exact) mass is 484 g/mol. The molecule has 2 atom stereocenters. The quantitative estimate of drug-likeness (QED) is 0.678. The van der Waals surface area contributed by atoms with E-state index in [-0.39, 0.29) is 34.7 Å². The number of hydrogen-bond acceptors (Lipinski definition) is 7. The van der Waals surface area contributed by atoms with Crippen molar-refractivity contribution in [3.8, 4) is 0 Å². The summed E-state index contributed by atoms with van der Waals surface area (Å²) in [5.74, 6) is 0.246. The maximum absolute atomic E-state index is 12.9. The highest BCUT2D eigenvalue weighted by atomic mass is 32.2. The van der Waals surface area contributed by atoms with Gasteiger partial charge in [-0.3, -0.25) is 14.7 Å². The van der Waals surface area contributed by atoms with Crippen LogP contribution in [0.3, 0.4) is 0 Å². The van der Waals surface area contributed by atoms with Crippen molar-refractivity contribution in [2.75, 3.05) is 29.9 Å². The number of aliphatic imine (C=N–C) groups is 1. The van der Waals surface area contributed by atoms with Gasteiger partial charge in [0.25, 0.3) is 5.91 Å². The smallest absolute Gasteiger partial charge is 0.251 e. The van der Waals surface area contributed by atoms with Crippen LogP contribution in [0, 0.1) is 0 Å². The molecule has 0 aromatic heterocycles. The number of benzene rings is 2. The van der Waals surface area contributed by atoms with Crippen molar-refractivity contribution in [3.63, 3.8) is 0 Å². The number of piperidine rings is 1. The lowest BCUT2D eigenvalue weighted by Gasteiger charge is -2.32. The Labute approximate surface area is 199 Å². The van der Waals surface area contributed by atoms with Crippen LogP contribution < -0.4 is 10.6 Å². The molecule has 0 spiro atoms. The number of sulfone groups is 1. The topological polar surface area (TPSA) is 90.9 Å². The van der Waals surface area contributed by atoms with E-state index in [9.17, 15) is 13.2 Å². The van der Waals surface area contributed by atoms with Gasteiger partial charge in [0.05, 0.1) is 17.5 Å². The van der Waals surface area contributed by atoms with Gasteiger partial charge in [-0.15, -0.1) is 0 Å². The van der Waals surface area contributed by atoms with Crippen molar-refractivity contribution in [1.29, 1.82) is 0 Å². The average molecular weight is 485 g/mol. The highest BCUT2D eigenvalue weighted by Gasteiger charge is 2.42. The number of nitrogens with zero attached hydrogens (tertiary/aromatic N) is 2. The minimum atomic E-state index is -2.97. The van der Waals surface area contributed by atoms with E-state index in [0.29, 0.717) is 5.56 Å². The molecule has 5 rings (SSSR count). The van der Waals surface area contributed by atoms with Crippen molar-refractivity contribution < 1.29 is 13.2 Å². The van der Waals surface area contributed by atoms with E-state index in [1.165, 1.54) is 17.3 Å². The van der Waals surface area contributed by atoms with Gasteiger partial charge in [-0.2, -0.15) is 0 Å². The fraction of sp³-hybridized carbons (Fsp3) is 0.417. The Morgan fingerprint density at radius 1 is 1.06 bits per heavy atom. The Morgan fingerprint density at radius 2 is 1.85 bits per heavy atom. The second kappa shape index (κ2) is 9.48. The van der Waals surface area contributed by atoms with Crippen LogP contribution in [0.25, 0.3) is 0 Å². The predicted octanol–water partition coefficient (Wildman–Crippen LogP) is 2.76. The van der Waals surface area contributed by atoms with Gasteiger partial charge >= 0.3 is 0 Å². The first kappa shape index (κ1) is 22.4. The number of fused-ring (bicyclic) bond motifs is 1. The summed E-state index contributed by atoms with van der Waals surface area (Å²) in [5, 5.41) is 7.16. The molecular weight excluding hydrogens is 456 g/mol. The largest absolute Gasteiger partial charge is 0.349 e. The Balaban J connectivity index is 1.13. The van der Waals surface area contributed by atoms with Gasteiger partial charge in [0.15, 0.2) is 15.0 Å². The van der Waals surface area contributed by atoms with Crippen molar-refractivity contribution in [2.45, 2.75) is 36.7 Å². The normalized spacial score (nSPS) is 24.8. The Kier molecular flexibility index (Phi) is 6.44. The Hall–Kier alpha value is -2.36. The minimum absolute atomic E-state index is 0.00302. The molecule has 174 valence electrons. The molecule has 7 nitrogen and oxygen atoms in total. The van der Waals surface area contributed by atoms with Gasteiger partial charge in [-0.05, 0) is 36.6 Å². The molecule has 2 aromatic rings. The SMILES string of the molecule is O=C(NC1CCN(Cc2ccccc2)CC1)c1cccc(NC2=NC3CS(=O)(=O)CC3S2)c1. The first-order valence-corrected chi connectivity index (χ1v) is 14.0. The lowest BCUT2D eigenvalue weighted by atomic mass is 10.0. The van der Waals surface area contributed by atoms with Gasteiger partial charge in [0.2, 0.25) is 0 Å². The first-order chi connectivity index (χ1) is 15.9. The second-order valence-corrected chi connectivity index (χ2v) is 12.3. The highest BCUT2D eigenvalue weighted by Crippen LogP contribution is 2.34. The summed E-state index contributed by atoms with van der Waals surface area (Å²) in [7, 11) is -2.97. The predicted molar refractivity (Wildman–Crippen MR) is 134 cm³/mol. The summed E-state index contributed by atoms with van der Waals surface area (Å²) < 4.78 is 23.5. The number of carbonyl (C=O) groups is 1. The molecule has 2 aromatic carbocycles. The summed E-state index contributed by atoms with van der Waals surface area (Å²) in [6.07, 6.45) is 1.88. The van der Waals surface area contributed by atoms with E-state index in [4.69, 9.17) is 0 Å². The van der Waals surface area contributed by atoms with Gasteiger partial charge < -0.3 is 10.6 Å². The molecule has 3 aliphatic heterocycles. The van der Waals surface area contributed by atoms with Gasteiger partial charge in [-0.1, -0.05) is 48.2 Å². The van der Waals surface area contributed by atoms with E-state index in [2.05, 4.69) is 44.8 Å². The van der Waals surface area contributed by atoms with Crippen LogP contribution in [0.15, 0.2) is 59.6 Å². The molecular formula is C24H28N4O3S2. The molecule has 3 heterocycles. The van der Waals surface area contributed by atoms with Gasteiger partial charge in [0.1, 0.15) is 0 Å². The van der Waals surface area contributed by atoms with Gasteiger partial charge in [0, 0.05) is 42.2 Å². The molecule has 2 saturated heterocycles. The molecule has 2 N–H and O–H groups in total. The third-order valence-electron chi connectivity index (χ3n) is 6.37. The minimum Gasteiger partial charge on any atom is -0.349 e. The molecule has 33 heavy (non-hydrogen) atoms. The zero-order chi connectivity index (χ0) is 22.8. The summed E-state index contributed by atoms with van der Waals surface area (Å²) in [6.45, 7) is 2.89. The number of likely N-dealkylation sites (tertiary alicyclic amines) is 1. The molecule has 0 aliphatic carbocycles. The van der Waals surface area contributed by atoms with Crippen molar-refractivity contribution in [3.05, 3.63) is 65.7 Å². The lowest BCUT2D eigenvalue weighted by Crippen LogP contribution is -2.44. The maximum atomic E-state index is 12.9. The van der Waals surface area contributed by atoms with Gasteiger partial charge in [-0.25, -0.2) is 8.42 Å². The van der Waals surface area contributed by atoms with E-state index in [1.54, 1.807) is 0 Å². The summed E-state index contributed by atoms with van der Waals surface area (Å²) >= 11 is 1.48. The number of nitrogens with one attached hydrogen (secondary N) is 2. The molecule has 0 saturated carbocycles. The zero-order valence-electron chi connectivity index (χ0n) is 18.3. The van der Waals surface area contributed by atoms with Crippen LogP contribution in [0.1, 0.15) is 28.8 Å². The number of amides is 1. The van der Waals surface area contributed by atoms with Crippen LogP contribution in [0.2, 0.25) is 0 Å². The fourth-order valence-electron chi connectivity index (χ4n) is 4.62. The first-order valence-electron chi connectivity index (χ1n) is 11.3. The highest BCUT2D eigenvalue weighted by molar-refractivity contribution is 8.15.